The van der Waals surface area contributed by atoms with Crippen molar-refractivity contribution in [3.8, 4) is 5.75 Å². The Hall–Kier alpha value is -1.17. The van der Waals surface area contributed by atoms with Crippen molar-refractivity contribution < 1.29 is 12.6 Å². The molecule has 3 nitrogen and oxygen atoms in total. The molecule has 0 radical (unpaired) electrons. The average molecular weight is 315 g/mol. The van der Waals surface area contributed by atoms with Gasteiger partial charge in [-0.15, -0.1) is 0 Å². The predicted octanol–water partition coefficient (Wildman–Crippen LogP) is 4.06. The summed E-state index contributed by atoms with van der Waals surface area (Å²) >= 11 is 5.77. The van der Waals surface area contributed by atoms with E-state index in [1.807, 2.05) is 19.1 Å². The van der Waals surface area contributed by atoms with E-state index < -0.39 is 9.15 Å². The highest BCUT2D eigenvalue weighted by molar-refractivity contribution is 8.70. The van der Waals surface area contributed by atoms with E-state index in [1.54, 1.807) is 30.3 Å². The van der Waals surface area contributed by atoms with Gasteiger partial charge in [-0.2, -0.15) is 8.42 Å². The summed E-state index contributed by atoms with van der Waals surface area (Å²) in [5.74, 6) is 0.201. The van der Waals surface area contributed by atoms with E-state index in [9.17, 15) is 8.42 Å². The highest BCUT2D eigenvalue weighted by Crippen LogP contribution is 2.28. The summed E-state index contributed by atoms with van der Waals surface area (Å²) in [6.45, 7) is 1.94. The van der Waals surface area contributed by atoms with Crippen molar-refractivity contribution in [2.45, 2.75) is 11.8 Å². The SMILES string of the molecule is Cc1ccc(SS(=O)(=O)Oc2cccc(Cl)c2)cc1. The molecule has 0 spiro atoms. The van der Waals surface area contributed by atoms with Gasteiger partial charge in [-0.05, 0) is 31.2 Å². The molecule has 0 atom stereocenters. The standard InChI is InChI=1S/C13H11ClO3S2/c1-10-5-7-13(8-6-10)18-19(15,16)17-12-4-2-3-11(14)9-12/h2-9H,1H3. The molecular formula is C13H11ClO3S2. The molecule has 0 saturated carbocycles. The normalized spacial score (nSPS) is 11.3. The van der Waals surface area contributed by atoms with Gasteiger partial charge in [0.25, 0.3) is 0 Å². The maximum Gasteiger partial charge on any atom is 0.370 e. The van der Waals surface area contributed by atoms with Gasteiger partial charge in [0, 0.05) is 26.8 Å². The maximum atomic E-state index is 11.9. The summed E-state index contributed by atoms with van der Waals surface area (Å²) in [7, 11) is -3.10. The molecule has 100 valence electrons. The van der Waals surface area contributed by atoms with Crippen molar-refractivity contribution in [2.24, 2.45) is 0 Å². The molecule has 0 unspecified atom stereocenters. The molecule has 0 N–H and O–H groups in total. The molecule has 0 aliphatic rings. The zero-order chi connectivity index (χ0) is 13.9. The van der Waals surface area contributed by atoms with Crippen molar-refractivity contribution in [3.05, 3.63) is 59.1 Å². The van der Waals surface area contributed by atoms with Crippen molar-refractivity contribution in [2.75, 3.05) is 0 Å². The van der Waals surface area contributed by atoms with E-state index in [2.05, 4.69) is 0 Å². The van der Waals surface area contributed by atoms with Crippen LogP contribution in [-0.2, 0) is 9.15 Å². The summed E-state index contributed by atoms with van der Waals surface area (Å²) in [6.07, 6.45) is 0. The van der Waals surface area contributed by atoms with Gasteiger partial charge in [0.1, 0.15) is 5.75 Å². The Labute approximate surface area is 121 Å². The Morgan fingerprint density at radius 1 is 1.11 bits per heavy atom. The molecular weight excluding hydrogens is 304 g/mol. The van der Waals surface area contributed by atoms with Crippen LogP contribution in [-0.4, -0.2) is 8.42 Å². The highest BCUT2D eigenvalue weighted by Gasteiger charge is 2.15. The van der Waals surface area contributed by atoms with Gasteiger partial charge in [-0.3, -0.25) is 0 Å². The molecule has 6 heteroatoms. The lowest BCUT2D eigenvalue weighted by Crippen LogP contribution is -2.03. The van der Waals surface area contributed by atoms with E-state index in [4.69, 9.17) is 15.8 Å². The van der Waals surface area contributed by atoms with Crippen molar-refractivity contribution >= 4 is 31.5 Å². The Kier molecular flexibility index (Phi) is 4.39. The number of hydrogen-bond acceptors (Lipinski definition) is 4. The molecule has 0 aliphatic heterocycles. The number of halogens is 1. The van der Waals surface area contributed by atoms with Gasteiger partial charge >= 0.3 is 9.15 Å². The molecule has 0 aromatic heterocycles. The zero-order valence-corrected chi connectivity index (χ0v) is 12.4. The van der Waals surface area contributed by atoms with E-state index in [-0.39, 0.29) is 5.75 Å². The molecule has 0 amide bonds. The number of benzene rings is 2. The van der Waals surface area contributed by atoms with Crippen LogP contribution in [0.2, 0.25) is 5.02 Å². The summed E-state index contributed by atoms with van der Waals surface area (Å²) < 4.78 is 28.7. The third-order valence-electron chi connectivity index (χ3n) is 2.21. The lowest BCUT2D eigenvalue weighted by Gasteiger charge is -2.06. The summed E-state index contributed by atoms with van der Waals surface area (Å²) in [6, 6.07) is 13.4. The van der Waals surface area contributed by atoms with Crippen LogP contribution in [0.5, 0.6) is 5.75 Å². The molecule has 2 aromatic rings. The largest absolute Gasteiger partial charge is 0.374 e. The fourth-order valence-electron chi connectivity index (χ4n) is 1.37. The third-order valence-corrected chi connectivity index (χ3v) is 4.91. The van der Waals surface area contributed by atoms with E-state index in [1.165, 1.54) is 6.07 Å². The Balaban J connectivity index is 2.13. The first-order valence-corrected chi connectivity index (χ1v) is 8.53. The zero-order valence-electron chi connectivity index (χ0n) is 10.0. The number of aryl methyl sites for hydroxylation is 1. The third kappa shape index (κ3) is 4.45. The Morgan fingerprint density at radius 2 is 1.79 bits per heavy atom. The quantitative estimate of drug-likeness (QED) is 0.798. The minimum atomic E-state index is -3.76. The Bertz CT molecular complexity index is 667. The molecule has 0 bridgehead atoms. The number of rotatable bonds is 4. The smallest absolute Gasteiger partial charge is 0.370 e. The minimum absolute atomic E-state index is 0.201. The van der Waals surface area contributed by atoms with E-state index in [0.29, 0.717) is 20.7 Å². The number of hydrogen-bond donors (Lipinski definition) is 0. The fourth-order valence-corrected chi connectivity index (χ4v) is 3.78. The first-order chi connectivity index (χ1) is 8.94. The van der Waals surface area contributed by atoms with Crippen molar-refractivity contribution in [1.29, 1.82) is 0 Å². The minimum Gasteiger partial charge on any atom is -0.374 e. The topological polar surface area (TPSA) is 43.4 Å². The second-order valence-corrected chi connectivity index (χ2v) is 7.63. The molecule has 19 heavy (non-hydrogen) atoms. The van der Waals surface area contributed by atoms with Gasteiger partial charge in [-0.1, -0.05) is 35.4 Å². The van der Waals surface area contributed by atoms with Crippen LogP contribution in [0, 0.1) is 6.92 Å². The molecule has 2 rings (SSSR count). The second kappa shape index (κ2) is 5.86. The van der Waals surface area contributed by atoms with Gasteiger partial charge in [-0.25, -0.2) is 0 Å². The molecule has 2 aromatic carbocycles. The first-order valence-electron chi connectivity index (χ1n) is 5.41. The summed E-state index contributed by atoms with van der Waals surface area (Å²) in [5, 5.41) is 0.424. The van der Waals surface area contributed by atoms with Crippen LogP contribution in [0.15, 0.2) is 53.4 Å². The molecule has 0 heterocycles. The van der Waals surface area contributed by atoms with Gasteiger partial charge in [0.2, 0.25) is 0 Å². The first kappa shape index (κ1) is 14.2. The fraction of sp³-hybridized carbons (Fsp3) is 0.0769. The lowest BCUT2D eigenvalue weighted by atomic mass is 10.2. The van der Waals surface area contributed by atoms with Crippen LogP contribution in [0.25, 0.3) is 0 Å². The van der Waals surface area contributed by atoms with Gasteiger partial charge in [0.05, 0.1) is 0 Å². The van der Waals surface area contributed by atoms with Crippen LogP contribution in [0.1, 0.15) is 5.56 Å². The maximum absolute atomic E-state index is 11.9. The lowest BCUT2D eigenvalue weighted by molar-refractivity contribution is 0.505. The van der Waals surface area contributed by atoms with E-state index >= 15 is 0 Å². The van der Waals surface area contributed by atoms with Crippen LogP contribution >= 0.6 is 22.4 Å². The Morgan fingerprint density at radius 3 is 2.42 bits per heavy atom. The summed E-state index contributed by atoms with van der Waals surface area (Å²) in [4.78, 5) is 0.604. The average Bonchev–Trinajstić information content (AvgIpc) is 2.31. The van der Waals surface area contributed by atoms with Gasteiger partial charge < -0.3 is 4.18 Å². The van der Waals surface area contributed by atoms with Crippen LogP contribution in [0.3, 0.4) is 0 Å². The summed E-state index contributed by atoms with van der Waals surface area (Å²) in [5.41, 5.74) is 1.07. The molecule has 0 aliphatic carbocycles. The van der Waals surface area contributed by atoms with E-state index in [0.717, 1.165) is 5.56 Å². The van der Waals surface area contributed by atoms with Crippen LogP contribution in [0.4, 0.5) is 0 Å². The monoisotopic (exact) mass is 314 g/mol. The molecule has 0 saturated heterocycles. The highest BCUT2D eigenvalue weighted by atomic mass is 35.5. The van der Waals surface area contributed by atoms with Gasteiger partial charge in [0.15, 0.2) is 0 Å². The van der Waals surface area contributed by atoms with Crippen molar-refractivity contribution in [1.82, 2.24) is 0 Å². The second-order valence-electron chi connectivity index (χ2n) is 3.85. The van der Waals surface area contributed by atoms with Crippen LogP contribution < -0.4 is 4.18 Å². The molecule has 0 fully saturated rings. The van der Waals surface area contributed by atoms with Crippen molar-refractivity contribution in [3.63, 3.8) is 0 Å². The predicted molar refractivity (Wildman–Crippen MR) is 78.0 cm³/mol.